The first-order chi connectivity index (χ1) is 12.6. The maximum Gasteiger partial charge on any atom is 0.0592 e. The van der Waals surface area contributed by atoms with Gasteiger partial charge in [0.25, 0.3) is 0 Å². The zero-order valence-corrected chi connectivity index (χ0v) is 16.3. The highest BCUT2D eigenvalue weighted by Gasteiger charge is 2.40. The Morgan fingerprint density at radius 2 is 2.00 bits per heavy atom. The molecule has 0 spiro atoms. The first-order valence-electron chi connectivity index (χ1n) is 9.23. The zero-order chi connectivity index (χ0) is 17.8. The van der Waals surface area contributed by atoms with Gasteiger partial charge in [0.2, 0.25) is 0 Å². The lowest BCUT2D eigenvalue weighted by Gasteiger charge is -2.32. The number of pyridine rings is 1. The van der Waals surface area contributed by atoms with Crippen molar-refractivity contribution in [1.29, 1.82) is 0 Å². The van der Waals surface area contributed by atoms with Crippen LogP contribution in [0.15, 0.2) is 36.7 Å². The molecular formula is C21H21Cl2N3. The Kier molecular flexibility index (Phi) is 4.00. The molecule has 2 aliphatic rings. The van der Waals surface area contributed by atoms with E-state index in [0.717, 1.165) is 24.4 Å². The molecular weight excluding hydrogens is 365 g/mol. The van der Waals surface area contributed by atoms with Gasteiger partial charge in [0.1, 0.15) is 0 Å². The van der Waals surface area contributed by atoms with Crippen molar-refractivity contribution in [2.45, 2.75) is 44.3 Å². The fourth-order valence-electron chi connectivity index (χ4n) is 4.92. The van der Waals surface area contributed by atoms with Crippen molar-refractivity contribution in [1.82, 2.24) is 14.5 Å². The number of hydrogen-bond donors (Lipinski definition) is 0. The van der Waals surface area contributed by atoms with Gasteiger partial charge in [0.05, 0.1) is 5.02 Å². The smallest absolute Gasteiger partial charge is 0.0592 e. The number of aryl methyl sites for hydroxylation is 2. The van der Waals surface area contributed by atoms with E-state index in [-0.39, 0.29) is 0 Å². The quantitative estimate of drug-likeness (QED) is 0.611. The van der Waals surface area contributed by atoms with Gasteiger partial charge >= 0.3 is 0 Å². The van der Waals surface area contributed by atoms with Gasteiger partial charge < -0.3 is 4.57 Å². The number of aromatic nitrogens is 2. The fourth-order valence-corrected chi connectivity index (χ4v) is 5.28. The lowest BCUT2D eigenvalue weighted by atomic mass is 9.97. The van der Waals surface area contributed by atoms with Crippen molar-refractivity contribution in [2.24, 2.45) is 0 Å². The van der Waals surface area contributed by atoms with Crippen molar-refractivity contribution in [3.63, 3.8) is 0 Å². The third kappa shape index (κ3) is 2.57. The molecule has 1 aromatic carbocycles. The number of rotatable bonds is 3. The molecule has 4 heterocycles. The first kappa shape index (κ1) is 16.6. The van der Waals surface area contributed by atoms with Crippen LogP contribution < -0.4 is 0 Å². The maximum absolute atomic E-state index is 6.35. The standard InChI is InChI=1S/C21H21Cl2N3/c1-25-16-3-5-19(25)21-17-9-14(22)2-4-18(17)26(20(21)10-16)7-6-13-8-15(23)12-24-11-13/h2,4,8-9,11-12,16,19H,3,5-7,10H2,1H3. The Labute approximate surface area is 163 Å². The van der Waals surface area contributed by atoms with Gasteiger partial charge in [-0.3, -0.25) is 9.88 Å². The number of halogens is 2. The van der Waals surface area contributed by atoms with Crippen LogP contribution in [0.2, 0.25) is 10.0 Å². The molecule has 0 aliphatic carbocycles. The van der Waals surface area contributed by atoms with Crippen molar-refractivity contribution < 1.29 is 0 Å². The van der Waals surface area contributed by atoms with Gasteiger partial charge in [-0.1, -0.05) is 23.2 Å². The molecule has 1 saturated heterocycles. The number of benzene rings is 1. The van der Waals surface area contributed by atoms with Crippen LogP contribution in [-0.4, -0.2) is 27.5 Å². The second-order valence-electron chi connectivity index (χ2n) is 7.55. The molecule has 1 fully saturated rings. The predicted octanol–water partition coefficient (Wildman–Crippen LogP) is 5.28. The molecule has 2 unspecified atom stereocenters. The van der Waals surface area contributed by atoms with Gasteiger partial charge in [-0.05, 0) is 61.7 Å². The molecule has 0 radical (unpaired) electrons. The zero-order valence-electron chi connectivity index (χ0n) is 14.8. The molecule has 0 N–H and O–H groups in total. The molecule has 3 nitrogen and oxygen atoms in total. The van der Waals surface area contributed by atoms with Crippen LogP contribution in [0.5, 0.6) is 0 Å². The normalized spacial score (nSPS) is 22.1. The number of likely N-dealkylation sites (N-methyl/N-ethyl adjacent to an activating group) is 1. The van der Waals surface area contributed by atoms with E-state index in [1.165, 1.54) is 40.6 Å². The number of nitrogens with zero attached hydrogens (tertiary/aromatic N) is 3. The lowest BCUT2D eigenvalue weighted by Crippen LogP contribution is -2.34. The highest BCUT2D eigenvalue weighted by Crippen LogP contribution is 2.47. The van der Waals surface area contributed by atoms with E-state index in [0.29, 0.717) is 17.1 Å². The van der Waals surface area contributed by atoms with E-state index in [4.69, 9.17) is 23.2 Å². The molecule has 26 heavy (non-hydrogen) atoms. The monoisotopic (exact) mass is 385 g/mol. The van der Waals surface area contributed by atoms with E-state index in [2.05, 4.69) is 33.6 Å². The average Bonchev–Trinajstić information content (AvgIpc) is 3.03. The van der Waals surface area contributed by atoms with Crippen LogP contribution >= 0.6 is 23.2 Å². The molecule has 5 heteroatoms. The van der Waals surface area contributed by atoms with Crippen LogP contribution in [0.25, 0.3) is 10.9 Å². The second kappa shape index (κ2) is 6.26. The van der Waals surface area contributed by atoms with Crippen LogP contribution in [-0.2, 0) is 19.4 Å². The van der Waals surface area contributed by atoms with E-state index in [9.17, 15) is 0 Å². The Hall–Kier alpha value is -1.55. The summed E-state index contributed by atoms with van der Waals surface area (Å²) in [5.74, 6) is 0. The first-order valence-corrected chi connectivity index (χ1v) is 9.99. The van der Waals surface area contributed by atoms with Gasteiger partial charge in [-0.2, -0.15) is 0 Å². The van der Waals surface area contributed by atoms with Crippen molar-refractivity contribution in [2.75, 3.05) is 7.05 Å². The van der Waals surface area contributed by atoms with Crippen LogP contribution in [0.4, 0.5) is 0 Å². The number of hydrogen-bond acceptors (Lipinski definition) is 2. The molecule has 2 aliphatic heterocycles. The summed E-state index contributed by atoms with van der Waals surface area (Å²) >= 11 is 12.5. The SMILES string of the molecule is CN1C2CCC1c1c(n(CCc3cncc(Cl)c3)c3ccc(Cl)cc13)C2. The molecule has 3 aromatic rings. The van der Waals surface area contributed by atoms with Gasteiger partial charge in [0, 0.05) is 59.1 Å². The third-order valence-electron chi connectivity index (χ3n) is 6.16. The third-order valence-corrected chi connectivity index (χ3v) is 6.61. The summed E-state index contributed by atoms with van der Waals surface area (Å²) in [6.45, 7) is 0.943. The van der Waals surface area contributed by atoms with Crippen molar-refractivity contribution in [3.05, 3.63) is 63.5 Å². The van der Waals surface area contributed by atoms with Gasteiger partial charge in [-0.15, -0.1) is 0 Å². The average molecular weight is 386 g/mol. The van der Waals surface area contributed by atoms with Gasteiger partial charge in [-0.25, -0.2) is 0 Å². The Morgan fingerprint density at radius 3 is 2.85 bits per heavy atom. The largest absolute Gasteiger partial charge is 0.344 e. The lowest BCUT2D eigenvalue weighted by molar-refractivity contribution is 0.222. The van der Waals surface area contributed by atoms with Crippen molar-refractivity contribution >= 4 is 34.1 Å². The Balaban J connectivity index is 1.60. The predicted molar refractivity (Wildman–Crippen MR) is 107 cm³/mol. The Morgan fingerprint density at radius 1 is 1.12 bits per heavy atom. The summed E-state index contributed by atoms with van der Waals surface area (Å²) in [4.78, 5) is 6.79. The molecule has 5 rings (SSSR count). The summed E-state index contributed by atoms with van der Waals surface area (Å²) in [6.07, 6.45) is 8.19. The summed E-state index contributed by atoms with van der Waals surface area (Å²) in [7, 11) is 2.27. The fraction of sp³-hybridized carbons (Fsp3) is 0.381. The minimum absolute atomic E-state index is 0.527. The summed E-state index contributed by atoms with van der Waals surface area (Å²) in [5.41, 5.74) is 5.49. The summed E-state index contributed by atoms with van der Waals surface area (Å²) in [5, 5.41) is 2.85. The molecule has 134 valence electrons. The topological polar surface area (TPSA) is 21.1 Å². The molecule has 2 atom stereocenters. The van der Waals surface area contributed by atoms with Crippen LogP contribution in [0.3, 0.4) is 0 Å². The molecule has 2 bridgehead atoms. The summed E-state index contributed by atoms with van der Waals surface area (Å²) < 4.78 is 2.51. The minimum Gasteiger partial charge on any atom is -0.344 e. The van der Waals surface area contributed by atoms with E-state index >= 15 is 0 Å². The van der Waals surface area contributed by atoms with Crippen molar-refractivity contribution in [3.8, 4) is 0 Å². The van der Waals surface area contributed by atoms with E-state index in [1.54, 1.807) is 6.20 Å². The van der Waals surface area contributed by atoms with E-state index in [1.807, 2.05) is 18.3 Å². The second-order valence-corrected chi connectivity index (χ2v) is 8.42. The Bertz CT molecular complexity index is 994. The van der Waals surface area contributed by atoms with Crippen LogP contribution in [0.1, 0.15) is 35.7 Å². The number of fused-ring (bicyclic) bond motifs is 6. The summed E-state index contributed by atoms with van der Waals surface area (Å²) in [6, 6.07) is 9.55. The molecule has 0 saturated carbocycles. The molecule has 0 amide bonds. The highest BCUT2D eigenvalue weighted by molar-refractivity contribution is 6.31. The van der Waals surface area contributed by atoms with Gasteiger partial charge in [0.15, 0.2) is 0 Å². The van der Waals surface area contributed by atoms with Crippen LogP contribution in [0, 0.1) is 0 Å². The highest BCUT2D eigenvalue weighted by atomic mass is 35.5. The minimum atomic E-state index is 0.527. The maximum atomic E-state index is 6.35. The molecule has 2 aromatic heterocycles. The van der Waals surface area contributed by atoms with E-state index < -0.39 is 0 Å².